The van der Waals surface area contributed by atoms with Crippen molar-refractivity contribution in [1.82, 2.24) is 15.2 Å². The van der Waals surface area contributed by atoms with Gasteiger partial charge in [-0.15, -0.1) is 0 Å². The van der Waals surface area contributed by atoms with Crippen molar-refractivity contribution >= 4 is 11.8 Å². The molecule has 0 aliphatic heterocycles. The fourth-order valence-electron chi connectivity index (χ4n) is 3.06. The normalized spacial score (nSPS) is 13.2. The highest BCUT2D eigenvalue weighted by Gasteiger charge is 2.24. The molecule has 0 saturated heterocycles. The van der Waals surface area contributed by atoms with E-state index in [1.54, 1.807) is 4.90 Å². The van der Waals surface area contributed by atoms with E-state index in [1.807, 2.05) is 27.7 Å². The lowest BCUT2D eigenvalue weighted by atomic mass is 9.84. The van der Waals surface area contributed by atoms with E-state index in [4.69, 9.17) is 4.42 Å². The lowest BCUT2D eigenvalue weighted by Gasteiger charge is -2.28. The zero-order valence-corrected chi connectivity index (χ0v) is 17.5. The van der Waals surface area contributed by atoms with E-state index in [1.165, 1.54) is 6.26 Å². The maximum atomic E-state index is 12.7. The highest BCUT2D eigenvalue weighted by atomic mass is 16.3. The molecule has 0 saturated carbocycles. The number of amides is 2. The Labute approximate surface area is 157 Å². The van der Waals surface area contributed by atoms with Crippen LogP contribution >= 0.6 is 0 Å². The highest BCUT2D eigenvalue weighted by Crippen LogP contribution is 2.26. The van der Waals surface area contributed by atoms with Crippen LogP contribution < -0.4 is 5.32 Å². The second-order valence-electron chi connectivity index (χ2n) is 8.94. The fraction of sp³-hybridized carbons (Fsp3) is 0.750. The molecule has 1 rings (SSSR count). The SMILES string of the molecule is CC(C)NC(=O)c1coc(CN(C(=O)C[C@H](C)CC(C)(C)C)C(C)C)n1. The Morgan fingerprint density at radius 3 is 2.31 bits per heavy atom. The van der Waals surface area contributed by atoms with Gasteiger partial charge in [0, 0.05) is 18.5 Å². The summed E-state index contributed by atoms with van der Waals surface area (Å²) in [4.78, 5) is 30.7. The molecule has 1 atom stereocenters. The van der Waals surface area contributed by atoms with Gasteiger partial charge in [-0.25, -0.2) is 4.98 Å². The van der Waals surface area contributed by atoms with Gasteiger partial charge in [0.15, 0.2) is 5.69 Å². The van der Waals surface area contributed by atoms with Crippen LogP contribution in [0.1, 0.15) is 84.6 Å². The third kappa shape index (κ3) is 7.58. The third-order valence-corrected chi connectivity index (χ3v) is 3.94. The Bertz CT molecular complexity index is 600. The average molecular weight is 366 g/mol. The van der Waals surface area contributed by atoms with E-state index in [0.717, 1.165) is 6.42 Å². The lowest BCUT2D eigenvalue weighted by Crippen LogP contribution is -2.37. The molecular weight excluding hydrogens is 330 g/mol. The van der Waals surface area contributed by atoms with Crippen LogP contribution in [0.4, 0.5) is 0 Å². The molecule has 1 aromatic rings. The van der Waals surface area contributed by atoms with Gasteiger partial charge in [-0.2, -0.15) is 0 Å². The molecule has 0 aliphatic rings. The zero-order valence-electron chi connectivity index (χ0n) is 17.5. The predicted octanol–water partition coefficient (Wildman–Crippen LogP) is 4.01. The summed E-state index contributed by atoms with van der Waals surface area (Å²) < 4.78 is 5.42. The van der Waals surface area contributed by atoms with Crippen molar-refractivity contribution in [3.05, 3.63) is 17.8 Å². The van der Waals surface area contributed by atoms with E-state index in [-0.39, 0.29) is 41.6 Å². The number of oxazole rings is 1. The van der Waals surface area contributed by atoms with Gasteiger partial charge in [-0.05, 0) is 45.4 Å². The summed E-state index contributed by atoms with van der Waals surface area (Å²) >= 11 is 0. The quantitative estimate of drug-likeness (QED) is 0.755. The minimum Gasteiger partial charge on any atom is -0.446 e. The fourth-order valence-corrected chi connectivity index (χ4v) is 3.06. The monoisotopic (exact) mass is 365 g/mol. The van der Waals surface area contributed by atoms with Crippen LogP contribution in [0.25, 0.3) is 0 Å². The van der Waals surface area contributed by atoms with E-state index in [9.17, 15) is 9.59 Å². The summed E-state index contributed by atoms with van der Waals surface area (Å²) in [7, 11) is 0. The molecule has 1 N–H and O–H groups in total. The summed E-state index contributed by atoms with van der Waals surface area (Å²) in [5, 5.41) is 2.78. The number of rotatable bonds is 8. The molecule has 0 radical (unpaired) electrons. The van der Waals surface area contributed by atoms with E-state index >= 15 is 0 Å². The molecule has 0 spiro atoms. The van der Waals surface area contributed by atoms with Crippen molar-refractivity contribution in [2.24, 2.45) is 11.3 Å². The second-order valence-corrected chi connectivity index (χ2v) is 8.94. The van der Waals surface area contributed by atoms with Crippen LogP contribution in [0.3, 0.4) is 0 Å². The molecule has 0 aromatic carbocycles. The largest absolute Gasteiger partial charge is 0.446 e. The molecular formula is C20H35N3O3. The Kier molecular flexibility index (Phi) is 7.85. The molecule has 0 fully saturated rings. The van der Waals surface area contributed by atoms with Gasteiger partial charge in [0.25, 0.3) is 5.91 Å². The van der Waals surface area contributed by atoms with Gasteiger partial charge in [-0.1, -0.05) is 27.7 Å². The standard InChI is InChI=1S/C20H35N3O3/c1-13(2)21-19(25)16-12-26-17(22-16)11-23(14(3)4)18(24)9-15(5)10-20(6,7)8/h12-15H,9-11H2,1-8H3,(H,21,25)/t15-/m0/s1. The first-order valence-corrected chi connectivity index (χ1v) is 9.43. The summed E-state index contributed by atoms with van der Waals surface area (Å²) in [5.41, 5.74) is 0.440. The molecule has 26 heavy (non-hydrogen) atoms. The average Bonchev–Trinajstić information content (AvgIpc) is 2.89. The number of carbonyl (C=O) groups is 2. The number of hydrogen-bond acceptors (Lipinski definition) is 4. The van der Waals surface area contributed by atoms with Crippen molar-refractivity contribution in [2.75, 3.05) is 0 Å². The molecule has 1 aromatic heterocycles. The molecule has 148 valence electrons. The number of hydrogen-bond donors (Lipinski definition) is 1. The number of carbonyl (C=O) groups excluding carboxylic acids is 2. The molecule has 0 aliphatic carbocycles. The van der Waals surface area contributed by atoms with Gasteiger partial charge in [-0.3, -0.25) is 9.59 Å². The minimum absolute atomic E-state index is 0.0284. The van der Waals surface area contributed by atoms with Crippen molar-refractivity contribution < 1.29 is 14.0 Å². The van der Waals surface area contributed by atoms with Crippen molar-refractivity contribution in [3.8, 4) is 0 Å². The van der Waals surface area contributed by atoms with E-state index < -0.39 is 0 Å². The topological polar surface area (TPSA) is 75.4 Å². The van der Waals surface area contributed by atoms with E-state index in [2.05, 4.69) is 38.0 Å². The highest BCUT2D eigenvalue weighted by molar-refractivity contribution is 5.92. The van der Waals surface area contributed by atoms with Crippen molar-refractivity contribution in [1.29, 1.82) is 0 Å². The molecule has 2 amide bonds. The number of nitrogens with zero attached hydrogens (tertiary/aromatic N) is 2. The van der Waals surface area contributed by atoms with Gasteiger partial charge >= 0.3 is 0 Å². The van der Waals surface area contributed by atoms with Gasteiger partial charge in [0.1, 0.15) is 6.26 Å². The first-order valence-electron chi connectivity index (χ1n) is 9.43. The Balaban J connectivity index is 2.75. The van der Waals surface area contributed by atoms with Crippen LogP contribution in [0.2, 0.25) is 0 Å². The maximum absolute atomic E-state index is 12.7. The lowest BCUT2D eigenvalue weighted by molar-refractivity contribution is -0.135. The van der Waals surface area contributed by atoms with Crippen molar-refractivity contribution in [2.45, 2.75) is 86.9 Å². The van der Waals surface area contributed by atoms with Crippen LogP contribution in [-0.2, 0) is 11.3 Å². The summed E-state index contributed by atoms with van der Waals surface area (Å²) in [5.74, 6) is 0.504. The van der Waals surface area contributed by atoms with Crippen LogP contribution in [0, 0.1) is 11.3 Å². The molecule has 6 nitrogen and oxygen atoms in total. The van der Waals surface area contributed by atoms with Crippen LogP contribution in [0.15, 0.2) is 10.7 Å². The molecule has 0 unspecified atom stereocenters. The zero-order chi connectivity index (χ0) is 20.1. The maximum Gasteiger partial charge on any atom is 0.273 e. The number of aromatic nitrogens is 1. The van der Waals surface area contributed by atoms with Gasteiger partial charge < -0.3 is 14.6 Å². The Hall–Kier alpha value is -1.85. The van der Waals surface area contributed by atoms with Crippen LogP contribution in [-0.4, -0.2) is 33.8 Å². The molecule has 6 heteroatoms. The molecule has 1 heterocycles. The first kappa shape index (κ1) is 22.2. The first-order chi connectivity index (χ1) is 11.9. The van der Waals surface area contributed by atoms with Crippen molar-refractivity contribution in [3.63, 3.8) is 0 Å². The summed E-state index contributed by atoms with van der Waals surface area (Å²) in [6.45, 7) is 16.7. The van der Waals surface area contributed by atoms with Crippen LogP contribution in [0.5, 0.6) is 0 Å². The number of nitrogens with one attached hydrogen (secondary N) is 1. The Morgan fingerprint density at radius 2 is 1.81 bits per heavy atom. The summed E-state index contributed by atoms with van der Waals surface area (Å²) in [6, 6.07) is 0.0601. The van der Waals surface area contributed by atoms with Gasteiger partial charge in [0.05, 0.1) is 6.54 Å². The summed E-state index contributed by atoms with van der Waals surface area (Å²) in [6.07, 6.45) is 2.83. The second kappa shape index (κ2) is 9.19. The molecule has 0 bridgehead atoms. The van der Waals surface area contributed by atoms with E-state index in [0.29, 0.717) is 18.2 Å². The van der Waals surface area contributed by atoms with Gasteiger partial charge in [0.2, 0.25) is 11.8 Å². The smallest absolute Gasteiger partial charge is 0.273 e. The predicted molar refractivity (Wildman–Crippen MR) is 103 cm³/mol. The third-order valence-electron chi connectivity index (χ3n) is 3.94. The Morgan fingerprint density at radius 1 is 1.19 bits per heavy atom. The minimum atomic E-state index is -0.267.